The molecule has 1 aliphatic heterocycles. The SMILES string of the molecule is O=c1[nH]c(N2CCC(c3ccnn3CCO)CC2)nc2ccccc12. The lowest BCUT2D eigenvalue weighted by Gasteiger charge is -2.32. The number of aromatic nitrogens is 4. The van der Waals surface area contributed by atoms with Crippen molar-refractivity contribution in [2.24, 2.45) is 0 Å². The lowest BCUT2D eigenvalue weighted by Crippen LogP contribution is -2.35. The Balaban J connectivity index is 1.52. The summed E-state index contributed by atoms with van der Waals surface area (Å²) in [7, 11) is 0. The second kappa shape index (κ2) is 6.68. The zero-order valence-corrected chi connectivity index (χ0v) is 13.9. The Kier molecular flexibility index (Phi) is 4.23. The number of rotatable bonds is 4. The van der Waals surface area contributed by atoms with Gasteiger partial charge in [-0.15, -0.1) is 0 Å². The third-order valence-electron chi connectivity index (χ3n) is 4.87. The molecule has 0 atom stereocenters. The van der Waals surface area contributed by atoms with Gasteiger partial charge in [0.05, 0.1) is 24.1 Å². The molecule has 1 fully saturated rings. The van der Waals surface area contributed by atoms with Crippen LogP contribution in [0.2, 0.25) is 0 Å². The molecule has 0 radical (unpaired) electrons. The summed E-state index contributed by atoms with van der Waals surface area (Å²) in [5.74, 6) is 1.06. The van der Waals surface area contributed by atoms with Crippen LogP contribution >= 0.6 is 0 Å². The van der Waals surface area contributed by atoms with Gasteiger partial charge in [0.25, 0.3) is 5.56 Å². The monoisotopic (exact) mass is 339 g/mol. The van der Waals surface area contributed by atoms with E-state index in [2.05, 4.69) is 20.0 Å². The van der Waals surface area contributed by atoms with Gasteiger partial charge < -0.3 is 10.0 Å². The number of piperidine rings is 1. The quantitative estimate of drug-likeness (QED) is 0.752. The number of anilines is 1. The highest BCUT2D eigenvalue weighted by molar-refractivity contribution is 5.78. The molecule has 1 saturated heterocycles. The Bertz CT molecular complexity index is 924. The Morgan fingerprint density at radius 2 is 2.00 bits per heavy atom. The van der Waals surface area contributed by atoms with E-state index in [0.717, 1.165) is 31.4 Å². The fourth-order valence-corrected chi connectivity index (χ4v) is 3.58. The van der Waals surface area contributed by atoms with Crippen molar-refractivity contribution >= 4 is 16.9 Å². The number of nitrogens with zero attached hydrogens (tertiary/aromatic N) is 4. The first-order valence-electron chi connectivity index (χ1n) is 8.63. The first kappa shape index (κ1) is 15.8. The van der Waals surface area contributed by atoms with Gasteiger partial charge in [-0.1, -0.05) is 12.1 Å². The molecular weight excluding hydrogens is 318 g/mol. The molecule has 7 heteroatoms. The number of hydrogen-bond donors (Lipinski definition) is 2. The van der Waals surface area contributed by atoms with Gasteiger partial charge in [-0.3, -0.25) is 14.5 Å². The van der Waals surface area contributed by atoms with E-state index in [1.54, 1.807) is 12.3 Å². The topological polar surface area (TPSA) is 87.0 Å². The summed E-state index contributed by atoms with van der Waals surface area (Å²) in [6.07, 6.45) is 3.72. The largest absolute Gasteiger partial charge is 0.394 e. The summed E-state index contributed by atoms with van der Waals surface area (Å²) >= 11 is 0. The number of fused-ring (bicyclic) bond motifs is 1. The van der Waals surface area contributed by atoms with E-state index in [9.17, 15) is 4.79 Å². The second-order valence-corrected chi connectivity index (χ2v) is 6.37. The predicted molar refractivity (Wildman–Crippen MR) is 95.9 cm³/mol. The Morgan fingerprint density at radius 1 is 1.20 bits per heavy atom. The van der Waals surface area contributed by atoms with Crippen LogP contribution in [0.5, 0.6) is 0 Å². The van der Waals surface area contributed by atoms with Gasteiger partial charge in [0.1, 0.15) is 0 Å². The standard InChI is InChI=1S/C18H21N5O2/c24-12-11-23-16(5-8-19-23)13-6-9-22(10-7-13)18-20-15-4-2-1-3-14(15)17(25)21-18/h1-5,8,13,24H,6-7,9-12H2,(H,20,21,25). The zero-order chi connectivity index (χ0) is 17.2. The van der Waals surface area contributed by atoms with Crippen molar-refractivity contribution in [1.82, 2.24) is 19.7 Å². The number of para-hydroxylation sites is 1. The van der Waals surface area contributed by atoms with Crippen molar-refractivity contribution in [1.29, 1.82) is 0 Å². The number of aliphatic hydroxyl groups excluding tert-OH is 1. The van der Waals surface area contributed by atoms with E-state index in [-0.39, 0.29) is 12.2 Å². The maximum Gasteiger partial charge on any atom is 0.260 e. The van der Waals surface area contributed by atoms with Crippen LogP contribution in [0, 0.1) is 0 Å². The van der Waals surface area contributed by atoms with Crippen molar-refractivity contribution in [2.45, 2.75) is 25.3 Å². The Labute approximate surface area is 144 Å². The third kappa shape index (κ3) is 3.02. The van der Waals surface area contributed by atoms with Crippen molar-refractivity contribution in [3.63, 3.8) is 0 Å². The number of aliphatic hydroxyl groups is 1. The number of hydrogen-bond acceptors (Lipinski definition) is 5. The van der Waals surface area contributed by atoms with Gasteiger partial charge in [-0.25, -0.2) is 4.98 Å². The molecule has 2 aromatic heterocycles. The lowest BCUT2D eigenvalue weighted by molar-refractivity contribution is 0.265. The summed E-state index contributed by atoms with van der Waals surface area (Å²) in [5.41, 5.74) is 1.81. The molecule has 25 heavy (non-hydrogen) atoms. The van der Waals surface area contributed by atoms with E-state index in [0.29, 0.717) is 23.8 Å². The minimum Gasteiger partial charge on any atom is -0.394 e. The van der Waals surface area contributed by atoms with Gasteiger partial charge in [-0.05, 0) is 31.0 Å². The molecule has 0 amide bonds. The minimum atomic E-state index is -0.0938. The second-order valence-electron chi connectivity index (χ2n) is 6.37. The van der Waals surface area contributed by atoms with E-state index in [4.69, 9.17) is 5.11 Å². The molecule has 0 unspecified atom stereocenters. The smallest absolute Gasteiger partial charge is 0.260 e. The van der Waals surface area contributed by atoms with Gasteiger partial charge >= 0.3 is 0 Å². The summed E-state index contributed by atoms with van der Waals surface area (Å²) in [6.45, 7) is 2.28. The molecule has 0 bridgehead atoms. The van der Waals surface area contributed by atoms with E-state index in [1.165, 1.54) is 5.69 Å². The van der Waals surface area contributed by atoms with Crippen molar-refractivity contribution < 1.29 is 5.11 Å². The molecule has 130 valence electrons. The highest BCUT2D eigenvalue weighted by Gasteiger charge is 2.24. The van der Waals surface area contributed by atoms with Crippen LogP contribution in [-0.2, 0) is 6.54 Å². The Hall–Kier alpha value is -2.67. The average molecular weight is 339 g/mol. The fraction of sp³-hybridized carbons (Fsp3) is 0.389. The molecular formula is C18H21N5O2. The van der Waals surface area contributed by atoms with Crippen LogP contribution in [-0.4, -0.2) is 44.6 Å². The van der Waals surface area contributed by atoms with E-state index >= 15 is 0 Å². The van der Waals surface area contributed by atoms with Crippen LogP contribution in [0.3, 0.4) is 0 Å². The number of benzene rings is 1. The molecule has 3 heterocycles. The molecule has 3 aromatic rings. The molecule has 0 spiro atoms. The van der Waals surface area contributed by atoms with Gasteiger partial charge in [0.15, 0.2) is 0 Å². The number of aromatic amines is 1. The normalized spacial score (nSPS) is 15.8. The molecule has 0 aliphatic carbocycles. The van der Waals surface area contributed by atoms with Gasteiger partial charge in [-0.2, -0.15) is 5.10 Å². The summed E-state index contributed by atoms with van der Waals surface area (Å²) < 4.78 is 1.89. The van der Waals surface area contributed by atoms with Crippen LogP contribution in [0.25, 0.3) is 10.9 Å². The molecule has 2 N–H and O–H groups in total. The van der Waals surface area contributed by atoms with E-state index in [1.807, 2.05) is 28.9 Å². The highest BCUT2D eigenvalue weighted by Crippen LogP contribution is 2.29. The highest BCUT2D eigenvalue weighted by atomic mass is 16.3. The zero-order valence-electron chi connectivity index (χ0n) is 13.9. The molecule has 7 nitrogen and oxygen atoms in total. The number of H-pyrrole nitrogens is 1. The average Bonchev–Trinajstić information content (AvgIpc) is 3.10. The Morgan fingerprint density at radius 3 is 2.80 bits per heavy atom. The molecule has 1 aliphatic rings. The van der Waals surface area contributed by atoms with Crippen molar-refractivity contribution in [2.75, 3.05) is 24.6 Å². The summed E-state index contributed by atoms with van der Waals surface area (Å²) in [4.78, 5) is 21.9. The van der Waals surface area contributed by atoms with Crippen molar-refractivity contribution in [3.05, 3.63) is 52.6 Å². The molecule has 4 rings (SSSR count). The fourth-order valence-electron chi connectivity index (χ4n) is 3.58. The first-order chi connectivity index (χ1) is 12.3. The van der Waals surface area contributed by atoms with Gasteiger partial charge in [0.2, 0.25) is 5.95 Å². The summed E-state index contributed by atoms with van der Waals surface area (Å²) in [5, 5.41) is 14.1. The maximum absolute atomic E-state index is 12.3. The maximum atomic E-state index is 12.3. The predicted octanol–water partition coefficient (Wildman–Crippen LogP) is 1.50. The van der Waals surface area contributed by atoms with Crippen LogP contribution in [0.1, 0.15) is 24.5 Å². The number of nitrogens with one attached hydrogen (secondary N) is 1. The van der Waals surface area contributed by atoms with Crippen molar-refractivity contribution in [3.8, 4) is 0 Å². The first-order valence-corrected chi connectivity index (χ1v) is 8.63. The van der Waals surface area contributed by atoms with E-state index < -0.39 is 0 Å². The summed E-state index contributed by atoms with van der Waals surface area (Å²) in [6, 6.07) is 9.44. The molecule has 1 aromatic carbocycles. The van der Waals surface area contributed by atoms with Crippen LogP contribution < -0.4 is 10.5 Å². The minimum absolute atomic E-state index is 0.0930. The van der Waals surface area contributed by atoms with Crippen LogP contribution in [0.15, 0.2) is 41.3 Å². The molecule has 0 saturated carbocycles. The third-order valence-corrected chi connectivity index (χ3v) is 4.87. The van der Waals surface area contributed by atoms with Gasteiger partial charge in [0, 0.05) is 30.9 Å². The lowest BCUT2D eigenvalue weighted by atomic mass is 9.93. The van der Waals surface area contributed by atoms with Crippen LogP contribution in [0.4, 0.5) is 5.95 Å².